The molecule has 1 aromatic heterocycles. The highest BCUT2D eigenvalue weighted by Crippen LogP contribution is 2.35. The zero-order chi connectivity index (χ0) is 22.3. The number of fused-ring (bicyclic) bond motifs is 1. The molecule has 1 aliphatic heterocycles. The molecule has 1 amide bonds. The molecule has 0 spiro atoms. The number of aromatic nitrogens is 2. The van der Waals surface area contributed by atoms with Crippen LogP contribution in [0.3, 0.4) is 0 Å². The number of methoxy groups -OCH3 is 1. The number of amides is 1. The highest BCUT2D eigenvalue weighted by Gasteiger charge is 2.15. The summed E-state index contributed by atoms with van der Waals surface area (Å²) in [5.41, 5.74) is 0.788. The van der Waals surface area contributed by atoms with Gasteiger partial charge in [-0.3, -0.25) is 4.79 Å². The Kier molecular flexibility index (Phi) is 6.71. The first kappa shape index (κ1) is 21.4. The number of benzene rings is 2. The number of aliphatic hydroxyl groups is 1. The zero-order valence-corrected chi connectivity index (χ0v) is 17.4. The highest BCUT2D eigenvalue weighted by molar-refractivity contribution is 5.76. The van der Waals surface area contributed by atoms with Crippen LogP contribution in [0.5, 0.6) is 23.0 Å². The lowest BCUT2D eigenvalue weighted by Crippen LogP contribution is -2.35. The molecule has 2 N–H and O–H groups in total. The SMILES string of the molecule is COc1ccc(-c2noc(CCC(=O)NCC(O)COc3ccc4c(c3)OCO4)n2)cc1. The minimum Gasteiger partial charge on any atom is -0.497 e. The van der Waals surface area contributed by atoms with E-state index in [0.717, 1.165) is 11.3 Å². The topological polar surface area (TPSA) is 125 Å². The van der Waals surface area contributed by atoms with Crippen LogP contribution in [0.1, 0.15) is 12.3 Å². The van der Waals surface area contributed by atoms with Crippen molar-refractivity contribution in [1.29, 1.82) is 0 Å². The Balaban J connectivity index is 1.17. The molecule has 4 rings (SSSR count). The number of ether oxygens (including phenoxy) is 4. The van der Waals surface area contributed by atoms with Gasteiger partial charge in [0.1, 0.15) is 24.2 Å². The number of carbonyl (C=O) groups excluding carboxylic acids is 1. The molecule has 0 saturated heterocycles. The van der Waals surface area contributed by atoms with Gasteiger partial charge in [-0.1, -0.05) is 5.16 Å². The molecule has 168 valence electrons. The van der Waals surface area contributed by atoms with Crippen LogP contribution in [-0.2, 0) is 11.2 Å². The lowest BCUT2D eigenvalue weighted by molar-refractivity contribution is -0.121. The Morgan fingerprint density at radius 1 is 1.16 bits per heavy atom. The molecule has 32 heavy (non-hydrogen) atoms. The first-order chi connectivity index (χ1) is 15.6. The molecular weight excluding hydrogens is 418 g/mol. The number of aryl methyl sites for hydroxylation is 1. The van der Waals surface area contributed by atoms with E-state index in [0.29, 0.717) is 35.4 Å². The first-order valence-corrected chi connectivity index (χ1v) is 10.0. The van der Waals surface area contributed by atoms with Gasteiger partial charge in [-0.15, -0.1) is 0 Å². The fourth-order valence-corrected chi connectivity index (χ4v) is 2.97. The molecule has 10 nitrogen and oxygen atoms in total. The highest BCUT2D eigenvalue weighted by atomic mass is 16.7. The minimum absolute atomic E-state index is 0.0226. The molecule has 1 aliphatic rings. The van der Waals surface area contributed by atoms with E-state index < -0.39 is 6.10 Å². The van der Waals surface area contributed by atoms with Crippen LogP contribution in [-0.4, -0.2) is 54.3 Å². The van der Waals surface area contributed by atoms with E-state index in [-0.39, 0.29) is 32.3 Å². The minimum atomic E-state index is -0.866. The summed E-state index contributed by atoms with van der Waals surface area (Å²) in [5.74, 6) is 3.10. The third kappa shape index (κ3) is 5.46. The number of rotatable bonds is 10. The van der Waals surface area contributed by atoms with Crippen molar-refractivity contribution in [1.82, 2.24) is 15.5 Å². The zero-order valence-electron chi connectivity index (χ0n) is 17.4. The van der Waals surface area contributed by atoms with Gasteiger partial charge in [0, 0.05) is 31.0 Å². The van der Waals surface area contributed by atoms with Gasteiger partial charge in [-0.05, 0) is 36.4 Å². The maximum Gasteiger partial charge on any atom is 0.231 e. The van der Waals surface area contributed by atoms with Crippen LogP contribution < -0.4 is 24.3 Å². The van der Waals surface area contributed by atoms with Crippen molar-refractivity contribution >= 4 is 5.91 Å². The van der Waals surface area contributed by atoms with Gasteiger partial charge >= 0.3 is 0 Å². The molecule has 0 fully saturated rings. The van der Waals surface area contributed by atoms with Gasteiger partial charge in [0.05, 0.1) is 7.11 Å². The monoisotopic (exact) mass is 441 g/mol. The van der Waals surface area contributed by atoms with E-state index in [4.69, 9.17) is 23.5 Å². The van der Waals surface area contributed by atoms with Crippen molar-refractivity contribution < 1.29 is 33.4 Å². The summed E-state index contributed by atoms with van der Waals surface area (Å²) in [4.78, 5) is 16.4. The molecule has 10 heteroatoms. The maximum atomic E-state index is 12.1. The van der Waals surface area contributed by atoms with Crippen LogP contribution in [0.2, 0.25) is 0 Å². The van der Waals surface area contributed by atoms with Crippen molar-refractivity contribution in [3.63, 3.8) is 0 Å². The molecular formula is C22H23N3O7. The molecule has 2 aromatic carbocycles. The molecule has 1 unspecified atom stereocenters. The number of nitrogens with zero attached hydrogens (tertiary/aromatic N) is 2. The second-order valence-corrected chi connectivity index (χ2v) is 7.02. The molecule has 0 radical (unpaired) electrons. The number of carbonyl (C=O) groups is 1. The van der Waals surface area contributed by atoms with Gasteiger partial charge < -0.3 is 33.9 Å². The van der Waals surface area contributed by atoms with Gasteiger partial charge in [0.25, 0.3) is 0 Å². The van der Waals surface area contributed by atoms with Gasteiger partial charge in [0.15, 0.2) is 11.5 Å². The summed E-state index contributed by atoms with van der Waals surface area (Å²) in [5, 5.41) is 16.7. The number of nitrogens with one attached hydrogen (secondary N) is 1. The molecule has 3 aromatic rings. The van der Waals surface area contributed by atoms with E-state index in [2.05, 4.69) is 15.5 Å². The Morgan fingerprint density at radius 3 is 2.75 bits per heavy atom. The molecule has 2 heterocycles. The second-order valence-electron chi connectivity index (χ2n) is 7.02. The van der Waals surface area contributed by atoms with Crippen molar-refractivity contribution in [3.05, 3.63) is 48.4 Å². The van der Waals surface area contributed by atoms with Crippen molar-refractivity contribution in [3.8, 4) is 34.4 Å². The third-order valence-electron chi connectivity index (χ3n) is 4.70. The summed E-state index contributed by atoms with van der Waals surface area (Å²) in [6.45, 7) is 0.263. The van der Waals surface area contributed by atoms with Gasteiger partial charge in [-0.2, -0.15) is 4.98 Å². The Labute approximate surface area is 184 Å². The predicted octanol–water partition coefficient (Wildman–Crippen LogP) is 1.96. The molecule has 0 saturated carbocycles. The van der Waals surface area contributed by atoms with Crippen molar-refractivity contribution in [2.45, 2.75) is 18.9 Å². The average molecular weight is 441 g/mol. The summed E-state index contributed by atoms with van der Waals surface area (Å²) in [6, 6.07) is 12.4. The van der Waals surface area contributed by atoms with Crippen molar-refractivity contribution in [2.24, 2.45) is 0 Å². The first-order valence-electron chi connectivity index (χ1n) is 10.0. The Morgan fingerprint density at radius 2 is 1.94 bits per heavy atom. The molecule has 0 bridgehead atoms. The lowest BCUT2D eigenvalue weighted by Gasteiger charge is -2.13. The second kappa shape index (κ2) is 10.0. The van der Waals surface area contributed by atoms with E-state index in [1.165, 1.54) is 0 Å². The van der Waals surface area contributed by atoms with Gasteiger partial charge in [0.2, 0.25) is 24.4 Å². The van der Waals surface area contributed by atoms with Crippen LogP contribution in [0.4, 0.5) is 0 Å². The maximum absolute atomic E-state index is 12.1. The summed E-state index contributed by atoms with van der Waals surface area (Å²) in [7, 11) is 1.60. The van der Waals surface area contributed by atoms with E-state index in [9.17, 15) is 9.90 Å². The van der Waals surface area contributed by atoms with E-state index in [1.807, 2.05) is 12.1 Å². The van der Waals surface area contributed by atoms with Crippen LogP contribution >= 0.6 is 0 Å². The Bertz CT molecular complexity index is 1050. The molecule has 0 aliphatic carbocycles. The summed E-state index contributed by atoms with van der Waals surface area (Å²) < 4.78 is 26.4. The Hall–Kier alpha value is -3.79. The van der Waals surface area contributed by atoms with E-state index >= 15 is 0 Å². The largest absolute Gasteiger partial charge is 0.497 e. The normalized spacial score (nSPS) is 12.9. The van der Waals surface area contributed by atoms with Gasteiger partial charge in [-0.25, -0.2) is 0 Å². The van der Waals surface area contributed by atoms with Crippen LogP contribution in [0.15, 0.2) is 47.0 Å². The fraction of sp³-hybridized carbons (Fsp3) is 0.318. The number of hydrogen-bond donors (Lipinski definition) is 2. The van der Waals surface area contributed by atoms with Crippen molar-refractivity contribution in [2.75, 3.05) is 27.1 Å². The van der Waals surface area contributed by atoms with Crippen LogP contribution in [0, 0.1) is 0 Å². The summed E-state index contributed by atoms with van der Waals surface area (Å²) in [6.07, 6.45) is -0.423. The standard InChI is InChI=1S/C22H23N3O7/c1-28-16-4-2-14(3-5-16)22-24-21(32-25-22)9-8-20(27)23-11-15(26)12-29-17-6-7-18-19(10-17)31-13-30-18/h2-7,10,15,26H,8-9,11-13H2,1H3,(H,23,27). The quantitative estimate of drug-likeness (QED) is 0.486. The average Bonchev–Trinajstić information content (AvgIpc) is 3.49. The predicted molar refractivity (Wildman–Crippen MR) is 112 cm³/mol. The smallest absolute Gasteiger partial charge is 0.231 e. The van der Waals surface area contributed by atoms with Crippen LogP contribution in [0.25, 0.3) is 11.4 Å². The lowest BCUT2D eigenvalue weighted by atomic mass is 10.2. The molecule has 1 atom stereocenters. The number of aliphatic hydroxyl groups excluding tert-OH is 1. The number of hydrogen-bond acceptors (Lipinski definition) is 9. The van der Waals surface area contributed by atoms with E-state index in [1.54, 1.807) is 37.4 Å². The third-order valence-corrected chi connectivity index (χ3v) is 4.70. The fourth-order valence-electron chi connectivity index (χ4n) is 2.97. The summed E-state index contributed by atoms with van der Waals surface area (Å²) >= 11 is 0.